The van der Waals surface area contributed by atoms with Crippen LogP contribution in [0.5, 0.6) is 0 Å². The maximum absolute atomic E-state index is 5.78. The number of hydrogen-bond acceptors (Lipinski definition) is 3. The minimum atomic E-state index is -0.588. The zero-order valence-electron chi connectivity index (χ0n) is 10.7. The Balaban J connectivity index is 2.35. The van der Waals surface area contributed by atoms with Crippen LogP contribution in [-0.4, -0.2) is 43.1 Å². The number of methoxy groups -OCH3 is 3. The molecule has 0 spiro atoms. The first-order chi connectivity index (χ1) is 7.64. The Hall–Kier alpha value is -0.163. The molecule has 16 heavy (non-hydrogen) atoms. The fourth-order valence-corrected chi connectivity index (χ4v) is 4.61. The van der Waals surface area contributed by atoms with Crippen molar-refractivity contribution in [2.75, 3.05) is 21.3 Å². The van der Waals surface area contributed by atoms with E-state index in [2.05, 4.69) is 12.2 Å². The molecule has 2 aliphatic rings. The molecule has 0 aliphatic heterocycles. The number of ether oxygens (including phenoxy) is 3. The van der Waals surface area contributed by atoms with E-state index in [9.17, 15) is 0 Å². The summed E-state index contributed by atoms with van der Waals surface area (Å²) in [7, 11) is 6.12. The van der Waals surface area contributed by atoms with Crippen LogP contribution in [0, 0.1) is 11.3 Å². The van der Waals surface area contributed by atoms with Crippen LogP contribution in [0.2, 0.25) is 0 Å². The molecule has 0 aromatic carbocycles. The fourth-order valence-electron chi connectivity index (χ4n) is 3.57. The highest BCUT2D eigenvalue weighted by Crippen LogP contribution is 2.57. The molecule has 1 saturated carbocycles. The second-order valence-corrected chi connectivity index (χ2v) is 6.02. The summed E-state index contributed by atoms with van der Waals surface area (Å²) < 4.78 is 17.1. The lowest BCUT2D eigenvalue weighted by atomic mass is 9.78. The monoisotopic (exact) mass is 242 g/mol. The van der Waals surface area contributed by atoms with E-state index in [1.807, 2.05) is 0 Å². The first-order valence-corrected chi connectivity index (χ1v) is 7.12. The SMILES string of the molecule is COC([SiH3])C(OC)(OC)C12C=CC(CC1)C2. The summed E-state index contributed by atoms with van der Waals surface area (Å²) in [5.41, 5.74) is 0.0906. The number of allylic oxidation sites excluding steroid dienone is 1. The van der Waals surface area contributed by atoms with E-state index in [0.29, 0.717) is 0 Å². The topological polar surface area (TPSA) is 27.7 Å². The van der Waals surface area contributed by atoms with E-state index >= 15 is 0 Å². The second kappa shape index (κ2) is 4.26. The minimum absolute atomic E-state index is 0.0313. The van der Waals surface area contributed by atoms with Crippen molar-refractivity contribution in [2.24, 2.45) is 11.3 Å². The third-order valence-corrected chi connectivity index (χ3v) is 5.70. The summed E-state index contributed by atoms with van der Waals surface area (Å²) in [6, 6.07) is 0. The summed E-state index contributed by atoms with van der Waals surface area (Å²) >= 11 is 0. The van der Waals surface area contributed by atoms with E-state index in [1.54, 1.807) is 21.3 Å². The van der Waals surface area contributed by atoms with E-state index in [-0.39, 0.29) is 11.1 Å². The van der Waals surface area contributed by atoms with Crippen LogP contribution in [0.25, 0.3) is 0 Å². The molecule has 0 radical (unpaired) electrons. The van der Waals surface area contributed by atoms with Gasteiger partial charge in [0.1, 0.15) is 0 Å². The van der Waals surface area contributed by atoms with E-state index in [4.69, 9.17) is 14.2 Å². The molecule has 4 heteroatoms. The van der Waals surface area contributed by atoms with Crippen molar-refractivity contribution in [3.8, 4) is 0 Å². The molecule has 2 rings (SSSR count). The normalized spacial score (nSPS) is 34.8. The number of fused-ring (bicyclic) bond motifs is 2. The van der Waals surface area contributed by atoms with Crippen LogP contribution in [0.3, 0.4) is 0 Å². The van der Waals surface area contributed by atoms with Gasteiger partial charge in [0.25, 0.3) is 0 Å². The predicted octanol–water partition coefficient (Wildman–Crippen LogP) is 0.670. The highest BCUT2D eigenvalue weighted by Gasteiger charge is 2.59. The molecular weight excluding hydrogens is 220 g/mol. The van der Waals surface area contributed by atoms with Crippen molar-refractivity contribution < 1.29 is 14.2 Å². The molecule has 92 valence electrons. The summed E-state index contributed by atoms with van der Waals surface area (Å²) in [4.78, 5) is 0. The Kier molecular flexibility index (Phi) is 3.27. The molecule has 2 bridgehead atoms. The largest absolute Gasteiger partial charge is 0.380 e. The first kappa shape index (κ1) is 12.3. The highest BCUT2D eigenvalue weighted by atomic mass is 28.1. The van der Waals surface area contributed by atoms with Gasteiger partial charge in [0.15, 0.2) is 5.79 Å². The van der Waals surface area contributed by atoms with Crippen molar-refractivity contribution >= 4 is 10.2 Å². The molecule has 3 nitrogen and oxygen atoms in total. The standard InChI is InChI=1S/C12H22O3Si/c1-13-10(16)12(14-2,15-3)11-6-4-9(8-11)5-7-11/h4,6,9-10H,5,7-8H2,1-3,16H3. The quantitative estimate of drug-likeness (QED) is 0.403. The molecule has 3 atom stereocenters. The lowest BCUT2D eigenvalue weighted by Gasteiger charge is -2.47. The van der Waals surface area contributed by atoms with Gasteiger partial charge in [0, 0.05) is 37.0 Å². The molecule has 3 unspecified atom stereocenters. The van der Waals surface area contributed by atoms with E-state index in [1.165, 1.54) is 6.42 Å². The van der Waals surface area contributed by atoms with Gasteiger partial charge in [-0.1, -0.05) is 12.2 Å². The lowest BCUT2D eigenvalue weighted by molar-refractivity contribution is -0.293. The number of rotatable bonds is 5. The fraction of sp³-hybridized carbons (Fsp3) is 0.833. The van der Waals surface area contributed by atoms with Crippen LogP contribution in [0.15, 0.2) is 12.2 Å². The van der Waals surface area contributed by atoms with Crippen molar-refractivity contribution in [1.82, 2.24) is 0 Å². The van der Waals surface area contributed by atoms with Gasteiger partial charge in [-0.05, 0) is 25.2 Å². The lowest BCUT2D eigenvalue weighted by Crippen LogP contribution is -2.58. The predicted molar refractivity (Wildman–Crippen MR) is 66.4 cm³/mol. The van der Waals surface area contributed by atoms with Crippen LogP contribution in [0.1, 0.15) is 19.3 Å². The van der Waals surface area contributed by atoms with Crippen molar-refractivity contribution in [1.29, 1.82) is 0 Å². The molecular formula is C12H22O3Si. The average Bonchev–Trinajstić information content (AvgIpc) is 2.92. The molecule has 0 saturated heterocycles. The van der Waals surface area contributed by atoms with Crippen molar-refractivity contribution in [3.05, 3.63) is 12.2 Å². The van der Waals surface area contributed by atoms with E-state index < -0.39 is 5.79 Å². The average molecular weight is 242 g/mol. The van der Waals surface area contributed by atoms with Gasteiger partial charge in [-0.25, -0.2) is 0 Å². The molecule has 0 N–H and O–H groups in total. The highest BCUT2D eigenvalue weighted by molar-refractivity contribution is 6.11. The van der Waals surface area contributed by atoms with Crippen LogP contribution in [0.4, 0.5) is 0 Å². The first-order valence-electron chi connectivity index (χ1n) is 5.96. The molecule has 2 aliphatic carbocycles. The zero-order valence-corrected chi connectivity index (χ0v) is 12.7. The molecule has 0 aromatic rings. The third-order valence-electron chi connectivity index (χ3n) is 4.46. The summed E-state index contributed by atoms with van der Waals surface area (Å²) in [5.74, 6) is 0.130. The van der Waals surface area contributed by atoms with Gasteiger partial charge in [-0.15, -0.1) is 0 Å². The van der Waals surface area contributed by atoms with Crippen LogP contribution in [-0.2, 0) is 14.2 Å². The van der Waals surface area contributed by atoms with Crippen LogP contribution < -0.4 is 0 Å². The Labute approximate surface area is 101 Å². The Bertz CT molecular complexity index is 288. The van der Waals surface area contributed by atoms with Crippen molar-refractivity contribution in [2.45, 2.75) is 30.8 Å². The molecule has 1 fully saturated rings. The summed E-state index contributed by atoms with van der Waals surface area (Å²) in [6.07, 6.45) is 8.18. The van der Waals surface area contributed by atoms with Gasteiger partial charge in [-0.3, -0.25) is 0 Å². The van der Waals surface area contributed by atoms with Gasteiger partial charge >= 0.3 is 0 Å². The zero-order chi connectivity index (χ0) is 11.8. The maximum Gasteiger partial charge on any atom is 0.199 e. The summed E-state index contributed by atoms with van der Waals surface area (Å²) in [6.45, 7) is 0. The van der Waals surface area contributed by atoms with Gasteiger partial charge in [-0.2, -0.15) is 0 Å². The Morgan fingerprint density at radius 1 is 1.38 bits per heavy atom. The van der Waals surface area contributed by atoms with Gasteiger partial charge in [0.05, 0.1) is 5.73 Å². The summed E-state index contributed by atoms with van der Waals surface area (Å²) in [5, 5.41) is 0. The minimum Gasteiger partial charge on any atom is -0.380 e. The molecule has 0 aromatic heterocycles. The van der Waals surface area contributed by atoms with E-state index in [0.717, 1.165) is 29.0 Å². The number of hydrogen-bond donors (Lipinski definition) is 0. The third kappa shape index (κ3) is 1.44. The second-order valence-electron chi connectivity index (χ2n) is 4.97. The smallest absolute Gasteiger partial charge is 0.199 e. The molecule has 0 amide bonds. The van der Waals surface area contributed by atoms with Crippen LogP contribution >= 0.6 is 0 Å². The Morgan fingerprint density at radius 2 is 2.06 bits per heavy atom. The van der Waals surface area contributed by atoms with Gasteiger partial charge in [0.2, 0.25) is 0 Å². The van der Waals surface area contributed by atoms with Crippen molar-refractivity contribution in [3.63, 3.8) is 0 Å². The molecule has 0 heterocycles. The van der Waals surface area contributed by atoms with Gasteiger partial charge < -0.3 is 14.2 Å². The Morgan fingerprint density at radius 3 is 2.38 bits per heavy atom. The maximum atomic E-state index is 5.78.